The second-order valence-electron chi connectivity index (χ2n) is 5.85. The first kappa shape index (κ1) is 17.9. The van der Waals surface area contributed by atoms with Gasteiger partial charge in [0.15, 0.2) is 0 Å². The minimum atomic E-state index is -0.275. The minimum Gasteiger partial charge on any atom is -0.457 e. The molecule has 7 nitrogen and oxygen atoms in total. The monoisotopic (exact) mass is 392 g/mol. The van der Waals surface area contributed by atoms with Crippen molar-refractivity contribution in [1.82, 2.24) is 20.3 Å². The second-order valence-corrected chi connectivity index (χ2v) is 6.77. The first-order valence-corrected chi connectivity index (χ1v) is 9.35. The van der Waals surface area contributed by atoms with E-state index in [0.717, 1.165) is 15.8 Å². The molecule has 0 radical (unpaired) electrons. The molecule has 3 heterocycles. The zero-order valence-corrected chi connectivity index (χ0v) is 16.0. The minimum absolute atomic E-state index is 0.275. The third kappa shape index (κ3) is 3.49. The fourth-order valence-corrected chi connectivity index (χ4v) is 3.38. The van der Waals surface area contributed by atoms with Crippen molar-refractivity contribution < 1.29 is 14.3 Å². The molecule has 0 atom stereocenters. The lowest BCUT2D eigenvalue weighted by Gasteiger charge is -2.13. The summed E-state index contributed by atoms with van der Waals surface area (Å²) in [6, 6.07) is 10.7. The lowest BCUT2D eigenvalue weighted by molar-refractivity contribution is 0.0958. The Morgan fingerprint density at radius 2 is 1.89 bits per heavy atom. The van der Waals surface area contributed by atoms with Crippen LogP contribution in [0.2, 0.25) is 0 Å². The molecular weight excluding hydrogens is 376 g/mol. The van der Waals surface area contributed by atoms with Gasteiger partial charge < -0.3 is 14.8 Å². The molecule has 8 heteroatoms. The largest absolute Gasteiger partial charge is 0.457 e. The fraction of sp³-hybridized carbons (Fsp3) is 0.100. The number of pyridine rings is 1. The summed E-state index contributed by atoms with van der Waals surface area (Å²) in [6.45, 7) is 1.90. The lowest BCUT2D eigenvalue weighted by Crippen LogP contribution is -2.18. The highest BCUT2D eigenvalue weighted by Crippen LogP contribution is 2.36. The molecule has 4 rings (SSSR count). The molecule has 28 heavy (non-hydrogen) atoms. The fourth-order valence-electron chi connectivity index (χ4n) is 2.61. The summed E-state index contributed by atoms with van der Waals surface area (Å²) in [5, 5.41) is 4.49. The highest BCUT2D eigenvalue weighted by atomic mass is 32.1. The molecular formula is C20H16N4O3S. The molecule has 0 aliphatic carbocycles. The average molecular weight is 392 g/mol. The standard InChI is InChI=1S/C20H16N4O3S/c1-12-16(26-13-6-8-22-15(10-13)19(25)21-2)4-3-5-17(12)27-20-18-14(7-9-28-18)23-11-24-20/h3-11H,1-2H3,(H,21,25). The summed E-state index contributed by atoms with van der Waals surface area (Å²) in [4.78, 5) is 24.3. The van der Waals surface area contributed by atoms with Gasteiger partial charge in [0.2, 0.25) is 5.88 Å². The number of carbonyl (C=O) groups is 1. The summed E-state index contributed by atoms with van der Waals surface area (Å²) in [5.41, 5.74) is 1.94. The predicted molar refractivity (Wildman–Crippen MR) is 106 cm³/mol. The van der Waals surface area contributed by atoms with Crippen LogP contribution in [0.4, 0.5) is 0 Å². The Morgan fingerprint density at radius 3 is 2.71 bits per heavy atom. The summed E-state index contributed by atoms with van der Waals surface area (Å²) in [7, 11) is 1.56. The first-order valence-electron chi connectivity index (χ1n) is 8.47. The second kappa shape index (κ2) is 7.61. The van der Waals surface area contributed by atoms with Gasteiger partial charge in [-0.3, -0.25) is 9.78 Å². The third-order valence-electron chi connectivity index (χ3n) is 4.07. The Kier molecular flexibility index (Phi) is 4.86. The Labute approximate surface area is 165 Å². The van der Waals surface area contributed by atoms with Crippen LogP contribution in [0.25, 0.3) is 10.2 Å². The number of benzene rings is 1. The average Bonchev–Trinajstić information content (AvgIpc) is 3.20. The van der Waals surface area contributed by atoms with Crippen LogP contribution >= 0.6 is 11.3 Å². The van der Waals surface area contributed by atoms with E-state index >= 15 is 0 Å². The summed E-state index contributed by atoms with van der Waals surface area (Å²) >= 11 is 1.53. The van der Waals surface area contributed by atoms with E-state index < -0.39 is 0 Å². The smallest absolute Gasteiger partial charge is 0.269 e. The van der Waals surface area contributed by atoms with Gasteiger partial charge in [-0.05, 0) is 36.6 Å². The van der Waals surface area contributed by atoms with E-state index in [1.807, 2.05) is 36.6 Å². The van der Waals surface area contributed by atoms with Crippen molar-refractivity contribution in [3.05, 3.63) is 65.6 Å². The maximum Gasteiger partial charge on any atom is 0.269 e. The molecule has 3 aromatic heterocycles. The van der Waals surface area contributed by atoms with Gasteiger partial charge in [0, 0.05) is 24.9 Å². The molecule has 0 aliphatic heterocycles. The van der Waals surface area contributed by atoms with Crippen molar-refractivity contribution in [3.8, 4) is 23.1 Å². The Bertz CT molecular complexity index is 1160. The van der Waals surface area contributed by atoms with Crippen molar-refractivity contribution in [1.29, 1.82) is 0 Å². The Morgan fingerprint density at radius 1 is 1.07 bits per heavy atom. The van der Waals surface area contributed by atoms with Crippen LogP contribution in [0.1, 0.15) is 16.1 Å². The maximum absolute atomic E-state index is 11.8. The number of thiophene rings is 1. The maximum atomic E-state index is 11.8. The van der Waals surface area contributed by atoms with Gasteiger partial charge in [-0.2, -0.15) is 0 Å². The highest BCUT2D eigenvalue weighted by Gasteiger charge is 2.13. The summed E-state index contributed by atoms with van der Waals surface area (Å²) < 4.78 is 12.9. The highest BCUT2D eigenvalue weighted by molar-refractivity contribution is 7.17. The van der Waals surface area contributed by atoms with Gasteiger partial charge in [-0.15, -0.1) is 11.3 Å². The number of fused-ring (bicyclic) bond motifs is 1. The van der Waals surface area contributed by atoms with Crippen LogP contribution in [0.5, 0.6) is 23.1 Å². The molecule has 0 saturated heterocycles. The molecule has 1 amide bonds. The number of carbonyl (C=O) groups excluding carboxylic acids is 1. The van der Waals surface area contributed by atoms with E-state index in [1.165, 1.54) is 23.9 Å². The normalized spacial score (nSPS) is 10.6. The number of amides is 1. The molecule has 0 saturated carbocycles. The number of nitrogens with zero attached hydrogens (tertiary/aromatic N) is 3. The SMILES string of the molecule is CNC(=O)c1cc(Oc2cccc(Oc3ncnc4ccsc34)c2C)ccn1. The lowest BCUT2D eigenvalue weighted by atomic mass is 10.2. The molecule has 4 aromatic rings. The third-order valence-corrected chi connectivity index (χ3v) is 4.96. The molecule has 0 bridgehead atoms. The summed E-state index contributed by atoms with van der Waals surface area (Å²) in [6.07, 6.45) is 3.02. The first-order chi connectivity index (χ1) is 13.7. The van der Waals surface area contributed by atoms with E-state index in [1.54, 1.807) is 19.2 Å². The van der Waals surface area contributed by atoms with Crippen LogP contribution in [-0.4, -0.2) is 27.9 Å². The molecule has 140 valence electrons. The molecule has 0 fully saturated rings. The number of nitrogens with one attached hydrogen (secondary N) is 1. The van der Waals surface area contributed by atoms with Crippen molar-refractivity contribution in [2.24, 2.45) is 0 Å². The van der Waals surface area contributed by atoms with Crippen LogP contribution in [0.3, 0.4) is 0 Å². The van der Waals surface area contributed by atoms with Crippen LogP contribution in [-0.2, 0) is 0 Å². The van der Waals surface area contributed by atoms with Gasteiger partial charge in [0.1, 0.15) is 34.0 Å². The van der Waals surface area contributed by atoms with E-state index in [4.69, 9.17) is 9.47 Å². The number of hydrogen-bond donors (Lipinski definition) is 1. The molecule has 1 N–H and O–H groups in total. The van der Waals surface area contributed by atoms with Gasteiger partial charge >= 0.3 is 0 Å². The van der Waals surface area contributed by atoms with Gasteiger partial charge in [0.25, 0.3) is 5.91 Å². The number of aromatic nitrogens is 3. The Balaban J connectivity index is 1.62. The van der Waals surface area contributed by atoms with Crippen LogP contribution in [0.15, 0.2) is 54.3 Å². The molecule has 0 aliphatic rings. The topological polar surface area (TPSA) is 86.2 Å². The predicted octanol–water partition coefficient (Wildman–Crippen LogP) is 4.34. The van der Waals surface area contributed by atoms with Crippen LogP contribution < -0.4 is 14.8 Å². The van der Waals surface area contributed by atoms with E-state index in [0.29, 0.717) is 23.1 Å². The van der Waals surface area contributed by atoms with E-state index in [2.05, 4.69) is 20.3 Å². The number of hydrogen-bond acceptors (Lipinski definition) is 7. The zero-order chi connectivity index (χ0) is 19.5. The van der Waals surface area contributed by atoms with Crippen molar-refractivity contribution in [3.63, 3.8) is 0 Å². The summed E-state index contributed by atoms with van der Waals surface area (Å²) in [5.74, 6) is 1.99. The van der Waals surface area contributed by atoms with E-state index in [9.17, 15) is 4.79 Å². The Hall–Kier alpha value is -3.52. The zero-order valence-electron chi connectivity index (χ0n) is 15.2. The van der Waals surface area contributed by atoms with Crippen molar-refractivity contribution in [2.45, 2.75) is 6.92 Å². The van der Waals surface area contributed by atoms with Crippen molar-refractivity contribution in [2.75, 3.05) is 7.05 Å². The van der Waals surface area contributed by atoms with Gasteiger partial charge in [-0.1, -0.05) is 6.07 Å². The van der Waals surface area contributed by atoms with Gasteiger partial charge in [0.05, 0.1) is 5.52 Å². The number of ether oxygens (including phenoxy) is 2. The molecule has 0 spiro atoms. The number of rotatable bonds is 5. The molecule has 0 unspecified atom stereocenters. The van der Waals surface area contributed by atoms with E-state index in [-0.39, 0.29) is 11.6 Å². The quantitative estimate of drug-likeness (QED) is 0.544. The van der Waals surface area contributed by atoms with Gasteiger partial charge in [-0.25, -0.2) is 9.97 Å². The van der Waals surface area contributed by atoms with Crippen molar-refractivity contribution >= 4 is 27.5 Å². The van der Waals surface area contributed by atoms with Crippen LogP contribution in [0, 0.1) is 6.92 Å². The molecule has 1 aromatic carbocycles.